The summed E-state index contributed by atoms with van der Waals surface area (Å²) in [5.74, 6) is 0.599. The van der Waals surface area contributed by atoms with E-state index < -0.39 is 11.9 Å². The molecule has 0 saturated heterocycles. The molecule has 0 aliphatic carbocycles. The third kappa shape index (κ3) is 6.03. The Balaban J connectivity index is 2.52. The van der Waals surface area contributed by atoms with E-state index in [1.165, 1.54) is 0 Å². The van der Waals surface area contributed by atoms with Gasteiger partial charge in [-0.05, 0) is 25.1 Å². The molecule has 0 saturated carbocycles. The van der Waals surface area contributed by atoms with Crippen LogP contribution in [0.25, 0.3) is 0 Å². The second-order valence-electron chi connectivity index (χ2n) is 3.78. The Morgan fingerprint density at radius 1 is 1.26 bits per heavy atom. The van der Waals surface area contributed by atoms with Crippen LogP contribution in [0.2, 0.25) is 5.02 Å². The average Bonchev–Trinajstić information content (AvgIpc) is 2.27. The van der Waals surface area contributed by atoms with E-state index in [1.807, 2.05) is 0 Å². The largest absolute Gasteiger partial charge is 0.495 e. The van der Waals surface area contributed by atoms with Crippen LogP contribution < -0.4 is 26.4 Å². The summed E-state index contributed by atoms with van der Waals surface area (Å²) in [7, 11) is 1.55. The van der Waals surface area contributed by atoms with Crippen molar-refractivity contribution in [2.75, 3.05) is 12.4 Å². The molecule has 0 fully saturated rings. The Hall–Kier alpha value is -0.430. The minimum atomic E-state index is -0.560. The normalized spacial score (nSPS) is 15.7. The number of ether oxygens (including phenoxy) is 1. The van der Waals surface area contributed by atoms with E-state index in [2.05, 4.69) is 16.0 Å². The van der Waals surface area contributed by atoms with E-state index in [0.29, 0.717) is 10.8 Å². The first-order valence-electron chi connectivity index (χ1n) is 5.58. The summed E-state index contributed by atoms with van der Waals surface area (Å²) in [6, 6.07) is 5.25. The van der Waals surface area contributed by atoms with Crippen molar-refractivity contribution in [2.24, 2.45) is 5.73 Å². The molecule has 1 aromatic rings. The maximum Gasteiger partial charge on any atom is 0.139 e. The molecule has 0 spiro atoms. The molecule has 5 N–H and O–H groups in total. The Morgan fingerprint density at radius 3 is 2.47 bits per heavy atom. The van der Waals surface area contributed by atoms with Crippen molar-refractivity contribution in [1.82, 2.24) is 10.6 Å². The van der Waals surface area contributed by atoms with Crippen molar-refractivity contribution >= 4 is 40.5 Å². The first-order valence-corrected chi connectivity index (χ1v) is 6.83. The highest BCUT2D eigenvalue weighted by atomic mass is 35.5. The van der Waals surface area contributed by atoms with E-state index in [-0.39, 0.29) is 5.50 Å². The molecule has 5 nitrogen and oxygen atoms in total. The van der Waals surface area contributed by atoms with E-state index >= 15 is 0 Å². The summed E-state index contributed by atoms with van der Waals surface area (Å²) < 4.78 is 5.06. The molecule has 8 heteroatoms. The molecule has 0 aliphatic rings. The third-order valence-corrected chi connectivity index (χ3v) is 2.85. The SMILES string of the molecule is COc1ccc(NC(N)NC(Cl)NC(C)Cl)cc1Cl. The van der Waals surface area contributed by atoms with Gasteiger partial charge in [0.1, 0.15) is 17.7 Å². The van der Waals surface area contributed by atoms with Crippen molar-refractivity contribution in [1.29, 1.82) is 0 Å². The van der Waals surface area contributed by atoms with Gasteiger partial charge in [-0.2, -0.15) is 0 Å². The number of anilines is 1. The van der Waals surface area contributed by atoms with Crippen LogP contribution in [-0.2, 0) is 0 Å². The van der Waals surface area contributed by atoms with Crippen LogP contribution in [0, 0.1) is 0 Å². The van der Waals surface area contributed by atoms with Crippen LogP contribution in [-0.4, -0.2) is 24.5 Å². The standard InChI is InChI=1S/C11H17Cl3N4O/c1-6(12)16-10(14)18-11(15)17-7-3-4-9(19-2)8(13)5-7/h3-6,10-11,16-18H,15H2,1-2H3. The lowest BCUT2D eigenvalue weighted by Crippen LogP contribution is -2.53. The minimum absolute atomic E-state index is 0.266. The fourth-order valence-corrected chi connectivity index (χ4v) is 2.16. The summed E-state index contributed by atoms with van der Waals surface area (Å²) in [6.45, 7) is 1.76. The quantitative estimate of drug-likeness (QED) is 0.351. The van der Waals surface area contributed by atoms with Gasteiger partial charge in [0.25, 0.3) is 0 Å². The molecular formula is C11H17Cl3N4O. The molecular weight excluding hydrogens is 311 g/mol. The van der Waals surface area contributed by atoms with Gasteiger partial charge in [-0.3, -0.25) is 16.4 Å². The average molecular weight is 328 g/mol. The number of hydrogen-bond donors (Lipinski definition) is 4. The Morgan fingerprint density at radius 2 is 1.95 bits per heavy atom. The van der Waals surface area contributed by atoms with Crippen LogP contribution in [0.3, 0.4) is 0 Å². The van der Waals surface area contributed by atoms with Gasteiger partial charge in [-0.15, -0.1) is 11.6 Å². The smallest absolute Gasteiger partial charge is 0.139 e. The lowest BCUT2D eigenvalue weighted by molar-refractivity contribution is 0.415. The highest BCUT2D eigenvalue weighted by molar-refractivity contribution is 6.32. The highest BCUT2D eigenvalue weighted by Crippen LogP contribution is 2.27. The molecule has 1 rings (SSSR count). The van der Waals surface area contributed by atoms with Gasteiger partial charge in [-0.25, -0.2) is 0 Å². The number of rotatable bonds is 7. The van der Waals surface area contributed by atoms with Crippen molar-refractivity contribution in [3.05, 3.63) is 23.2 Å². The number of halogens is 3. The van der Waals surface area contributed by atoms with Gasteiger partial charge in [-0.1, -0.05) is 23.2 Å². The fraction of sp³-hybridized carbons (Fsp3) is 0.455. The Labute approximate surface area is 127 Å². The van der Waals surface area contributed by atoms with Gasteiger partial charge in [0.05, 0.1) is 17.6 Å². The summed E-state index contributed by atoms with van der Waals surface area (Å²) in [4.78, 5) is 0. The second kappa shape index (κ2) is 7.99. The number of hydrogen-bond acceptors (Lipinski definition) is 5. The highest BCUT2D eigenvalue weighted by Gasteiger charge is 2.11. The van der Waals surface area contributed by atoms with Crippen molar-refractivity contribution in [3.8, 4) is 5.75 Å². The molecule has 19 heavy (non-hydrogen) atoms. The topological polar surface area (TPSA) is 71.3 Å². The molecule has 0 amide bonds. The zero-order valence-electron chi connectivity index (χ0n) is 10.6. The number of methoxy groups -OCH3 is 1. The first kappa shape index (κ1) is 16.6. The maximum absolute atomic E-state index is 6.01. The van der Waals surface area contributed by atoms with Crippen LogP contribution in [0.15, 0.2) is 18.2 Å². The number of alkyl halides is 2. The van der Waals surface area contributed by atoms with Crippen molar-refractivity contribution in [3.63, 3.8) is 0 Å². The number of benzene rings is 1. The van der Waals surface area contributed by atoms with Gasteiger partial charge in [0.2, 0.25) is 0 Å². The van der Waals surface area contributed by atoms with Gasteiger partial charge >= 0.3 is 0 Å². The monoisotopic (exact) mass is 326 g/mol. The van der Waals surface area contributed by atoms with E-state index in [0.717, 1.165) is 5.69 Å². The number of nitrogens with two attached hydrogens (primary N) is 1. The summed E-state index contributed by atoms with van der Waals surface area (Å²) >= 11 is 17.7. The summed E-state index contributed by atoms with van der Waals surface area (Å²) in [6.07, 6.45) is -0.560. The van der Waals surface area contributed by atoms with Gasteiger partial charge in [0, 0.05) is 5.69 Å². The first-order chi connectivity index (χ1) is 8.92. The zero-order valence-corrected chi connectivity index (χ0v) is 12.9. The molecule has 0 aromatic heterocycles. The lowest BCUT2D eigenvalue weighted by atomic mass is 10.3. The summed E-state index contributed by atoms with van der Waals surface area (Å²) in [5, 5.41) is 9.20. The predicted molar refractivity (Wildman–Crippen MR) is 80.8 cm³/mol. The number of nitrogens with one attached hydrogen (secondary N) is 3. The molecule has 0 heterocycles. The van der Waals surface area contributed by atoms with Crippen molar-refractivity contribution < 1.29 is 4.74 Å². The zero-order chi connectivity index (χ0) is 14.4. The van der Waals surface area contributed by atoms with E-state index in [1.54, 1.807) is 32.2 Å². The second-order valence-corrected chi connectivity index (χ2v) is 5.28. The van der Waals surface area contributed by atoms with Crippen LogP contribution in [0.4, 0.5) is 5.69 Å². The summed E-state index contributed by atoms with van der Waals surface area (Å²) in [5.41, 5.74) is 5.76. The van der Waals surface area contributed by atoms with Crippen LogP contribution in [0.5, 0.6) is 5.75 Å². The van der Waals surface area contributed by atoms with Gasteiger partial charge < -0.3 is 10.1 Å². The minimum Gasteiger partial charge on any atom is -0.495 e. The maximum atomic E-state index is 6.01. The molecule has 108 valence electrons. The Kier molecular flexibility index (Phi) is 6.99. The van der Waals surface area contributed by atoms with Crippen LogP contribution >= 0.6 is 34.8 Å². The molecule has 3 atom stereocenters. The lowest BCUT2D eigenvalue weighted by Gasteiger charge is -2.22. The van der Waals surface area contributed by atoms with E-state index in [9.17, 15) is 0 Å². The Bertz CT molecular complexity index is 406. The van der Waals surface area contributed by atoms with E-state index in [4.69, 9.17) is 45.3 Å². The van der Waals surface area contributed by atoms with Crippen molar-refractivity contribution in [2.45, 2.75) is 24.3 Å². The third-order valence-electron chi connectivity index (χ3n) is 2.18. The molecule has 3 unspecified atom stereocenters. The van der Waals surface area contributed by atoms with Gasteiger partial charge in [0.15, 0.2) is 0 Å². The van der Waals surface area contributed by atoms with Crippen LogP contribution in [0.1, 0.15) is 6.92 Å². The molecule has 0 bridgehead atoms. The fourth-order valence-electron chi connectivity index (χ4n) is 1.38. The predicted octanol–water partition coefficient (Wildman–Crippen LogP) is 2.29. The molecule has 0 aliphatic heterocycles. The molecule has 0 radical (unpaired) electrons. The molecule has 1 aromatic carbocycles.